The normalized spacial score (nSPS) is 11.3. The lowest BCUT2D eigenvalue weighted by Gasteiger charge is -2.06. The summed E-state index contributed by atoms with van der Waals surface area (Å²) in [4.78, 5) is 0. The number of unbranched alkanes of at least 4 members (excludes halogenated alkanes) is 11. The summed E-state index contributed by atoms with van der Waals surface area (Å²) >= 11 is 0. The van der Waals surface area contributed by atoms with Gasteiger partial charge in [-0.15, -0.1) is 0 Å². The number of rotatable bonds is 23. The van der Waals surface area contributed by atoms with Crippen LogP contribution < -0.4 is 0 Å². The maximum atomic E-state index is 5.47. The summed E-state index contributed by atoms with van der Waals surface area (Å²) in [5, 5.41) is 0. The van der Waals surface area contributed by atoms with E-state index in [1.54, 1.807) is 6.61 Å². The van der Waals surface area contributed by atoms with Crippen molar-refractivity contribution in [2.24, 2.45) is 0 Å². The Hall–Kier alpha value is -0.160. The Balaban J connectivity index is 2.95. The topological polar surface area (TPSA) is 36.9 Å². The van der Waals surface area contributed by atoms with Crippen molar-refractivity contribution in [2.75, 3.05) is 46.2 Å². The zero-order valence-electron chi connectivity index (χ0n) is 17.6. The van der Waals surface area contributed by atoms with Crippen LogP contribution in [0.1, 0.15) is 90.9 Å². The smallest absolute Gasteiger partial charge is 0.109 e. The van der Waals surface area contributed by atoms with E-state index in [4.69, 9.17) is 18.9 Å². The van der Waals surface area contributed by atoms with Crippen LogP contribution in [0.3, 0.4) is 0 Å². The summed E-state index contributed by atoms with van der Waals surface area (Å²) < 4.78 is 21.4. The van der Waals surface area contributed by atoms with Gasteiger partial charge in [0.05, 0.1) is 33.0 Å². The Morgan fingerprint density at radius 1 is 0.500 bits per heavy atom. The lowest BCUT2D eigenvalue weighted by atomic mass is 10.1. The Morgan fingerprint density at radius 2 is 1.00 bits per heavy atom. The van der Waals surface area contributed by atoms with Crippen LogP contribution in [0, 0.1) is 6.61 Å². The van der Waals surface area contributed by atoms with E-state index in [1.807, 2.05) is 6.92 Å². The first-order chi connectivity index (χ1) is 12.9. The third-order valence-electron chi connectivity index (χ3n) is 4.37. The fraction of sp³-hybridized carbons (Fsp3) is 0.955. The van der Waals surface area contributed by atoms with Crippen molar-refractivity contribution in [1.82, 2.24) is 0 Å². The molecule has 0 N–H and O–H groups in total. The van der Waals surface area contributed by atoms with Crippen LogP contribution >= 0.6 is 0 Å². The van der Waals surface area contributed by atoms with E-state index in [-0.39, 0.29) is 0 Å². The highest BCUT2D eigenvalue weighted by Crippen LogP contribution is 2.11. The van der Waals surface area contributed by atoms with Crippen molar-refractivity contribution < 1.29 is 18.9 Å². The van der Waals surface area contributed by atoms with Crippen LogP contribution in [0.4, 0.5) is 0 Å². The van der Waals surface area contributed by atoms with E-state index in [9.17, 15) is 0 Å². The molecule has 157 valence electrons. The van der Waals surface area contributed by atoms with Crippen molar-refractivity contribution >= 4 is 0 Å². The second-order valence-corrected chi connectivity index (χ2v) is 6.81. The molecule has 0 heterocycles. The predicted octanol–water partition coefficient (Wildman–Crippen LogP) is 5.94. The molecule has 0 saturated heterocycles. The van der Waals surface area contributed by atoms with Crippen LogP contribution in [-0.2, 0) is 18.9 Å². The van der Waals surface area contributed by atoms with E-state index >= 15 is 0 Å². The molecule has 0 aliphatic carbocycles. The summed E-state index contributed by atoms with van der Waals surface area (Å²) in [6.07, 6.45) is 16.5. The highest BCUT2D eigenvalue weighted by molar-refractivity contribution is 4.51. The molecule has 0 aromatic carbocycles. The Bertz CT molecular complexity index is 212. The average Bonchev–Trinajstić information content (AvgIpc) is 2.66. The lowest BCUT2D eigenvalue weighted by molar-refractivity contribution is 0.0119. The quantitative estimate of drug-likeness (QED) is 0.208. The van der Waals surface area contributed by atoms with Gasteiger partial charge in [0.1, 0.15) is 6.61 Å². The van der Waals surface area contributed by atoms with Crippen molar-refractivity contribution in [2.45, 2.75) is 90.9 Å². The first-order valence-electron chi connectivity index (χ1n) is 11.1. The van der Waals surface area contributed by atoms with Crippen molar-refractivity contribution in [1.29, 1.82) is 0 Å². The molecule has 0 bridgehead atoms. The molecule has 4 heteroatoms. The monoisotopic (exact) mass is 373 g/mol. The third kappa shape index (κ3) is 23.8. The zero-order valence-corrected chi connectivity index (χ0v) is 17.6. The van der Waals surface area contributed by atoms with E-state index in [2.05, 4.69) is 6.92 Å². The van der Waals surface area contributed by atoms with Crippen molar-refractivity contribution in [3.05, 3.63) is 6.61 Å². The molecular formula is C22H45O4. The van der Waals surface area contributed by atoms with Crippen LogP contribution in [-0.4, -0.2) is 46.2 Å². The molecule has 0 aliphatic rings. The molecule has 0 fully saturated rings. The second kappa shape index (κ2) is 24.8. The molecular weight excluding hydrogens is 328 g/mol. The summed E-state index contributed by atoms with van der Waals surface area (Å²) in [6.45, 7) is 10.6. The SMILES string of the molecule is CCCCCCCCCCCCCCO[CH]COCCOCCOCC. The molecule has 0 saturated carbocycles. The highest BCUT2D eigenvalue weighted by atomic mass is 16.6. The second-order valence-electron chi connectivity index (χ2n) is 6.81. The molecule has 4 nitrogen and oxygen atoms in total. The van der Waals surface area contributed by atoms with Gasteiger partial charge in [0.25, 0.3) is 0 Å². The summed E-state index contributed by atoms with van der Waals surface area (Å²) in [6, 6.07) is 0. The van der Waals surface area contributed by atoms with E-state index in [0.29, 0.717) is 33.0 Å². The fourth-order valence-corrected chi connectivity index (χ4v) is 2.77. The molecule has 0 atom stereocenters. The standard InChI is InChI=1S/C22H45O4/c1-3-5-6-7-8-9-10-11-12-13-14-15-16-24-19-20-26-22-21-25-18-17-23-4-2/h19H,3-18,20-22H2,1-2H3. The number of ether oxygens (including phenoxy) is 4. The van der Waals surface area contributed by atoms with Gasteiger partial charge >= 0.3 is 0 Å². The molecule has 1 radical (unpaired) electrons. The summed E-state index contributed by atoms with van der Waals surface area (Å²) in [5.41, 5.74) is 0. The van der Waals surface area contributed by atoms with E-state index in [1.165, 1.54) is 70.6 Å². The average molecular weight is 374 g/mol. The molecule has 0 amide bonds. The van der Waals surface area contributed by atoms with E-state index in [0.717, 1.165) is 19.6 Å². The maximum absolute atomic E-state index is 5.47. The highest BCUT2D eigenvalue weighted by Gasteiger charge is 1.95. The largest absolute Gasteiger partial charge is 0.379 e. The minimum Gasteiger partial charge on any atom is -0.379 e. The Labute approximate surface area is 163 Å². The van der Waals surface area contributed by atoms with Gasteiger partial charge < -0.3 is 18.9 Å². The maximum Gasteiger partial charge on any atom is 0.109 e. The van der Waals surface area contributed by atoms with Gasteiger partial charge in [0.2, 0.25) is 0 Å². The van der Waals surface area contributed by atoms with Gasteiger partial charge in [0, 0.05) is 13.2 Å². The molecule has 0 rings (SSSR count). The first-order valence-corrected chi connectivity index (χ1v) is 11.1. The molecule has 26 heavy (non-hydrogen) atoms. The summed E-state index contributed by atoms with van der Waals surface area (Å²) in [7, 11) is 0. The molecule has 0 spiro atoms. The molecule has 0 aromatic rings. The molecule has 0 unspecified atom stereocenters. The van der Waals surface area contributed by atoms with Gasteiger partial charge in [0.15, 0.2) is 0 Å². The first kappa shape index (κ1) is 25.8. The van der Waals surface area contributed by atoms with Crippen LogP contribution in [0.25, 0.3) is 0 Å². The number of hydrogen-bond acceptors (Lipinski definition) is 4. The Morgan fingerprint density at radius 3 is 1.58 bits per heavy atom. The van der Waals surface area contributed by atoms with Crippen molar-refractivity contribution in [3.63, 3.8) is 0 Å². The molecule has 0 aliphatic heterocycles. The minimum atomic E-state index is 0.535. The van der Waals surface area contributed by atoms with Crippen LogP contribution in [0.2, 0.25) is 0 Å². The van der Waals surface area contributed by atoms with Crippen LogP contribution in [0.15, 0.2) is 0 Å². The Kier molecular flexibility index (Phi) is 24.7. The molecule has 0 aromatic heterocycles. The zero-order chi connectivity index (χ0) is 19.0. The van der Waals surface area contributed by atoms with E-state index < -0.39 is 0 Å². The van der Waals surface area contributed by atoms with Gasteiger partial charge in [-0.2, -0.15) is 0 Å². The van der Waals surface area contributed by atoms with Gasteiger partial charge in [-0.25, -0.2) is 0 Å². The number of hydrogen-bond donors (Lipinski definition) is 0. The third-order valence-corrected chi connectivity index (χ3v) is 4.37. The lowest BCUT2D eigenvalue weighted by Crippen LogP contribution is -2.10. The fourth-order valence-electron chi connectivity index (χ4n) is 2.77. The van der Waals surface area contributed by atoms with Gasteiger partial charge in [-0.3, -0.25) is 0 Å². The van der Waals surface area contributed by atoms with Gasteiger partial charge in [-0.05, 0) is 13.3 Å². The minimum absolute atomic E-state index is 0.535. The summed E-state index contributed by atoms with van der Waals surface area (Å²) in [5.74, 6) is 0. The van der Waals surface area contributed by atoms with Crippen molar-refractivity contribution in [3.8, 4) is 0 Å². The van der Waals surface area contributed by atoms with Gasteiger partial charge in [-0.1, -0.05) is 77.6 Å². The van der Waals surface area contributed by atoms with Crippen LogP contribution in [0.5, 0.6) is 0 Å². The predicted molar refractivity (Wildman–Crippen MR) is 109 cm³/mol.